The van der Waals surface area contributed by atoms with Crippen molar-refractivity contribution in [3.05, 3.63) is 0 Å². The Morgan fingerprint density at radius 1 is 1.43 bits per heavy atom. The van der Waals surface area contributed by atoms with E-state index in [-0.39, 0.29) is 5.54 Å². The number of nitrogens with two attached hydrogens (primary N) is 1. The number of rotatable bonds is 3. The van der Waals surface area contributed by atoms with Gasteiger partial charge in [0.2, 0.25) is 0 Å². The number of hydrogen-bond donors (Lipinski definition) is 1. The summed E-state index contributed by atoms with van der Waals surface area (Å²) in [5.41, 5.74) is 5.97. The van der Waals surface area contributed by atoms with E-state index in [4.69, 9.17) is 5.73 Å². The molecule has 1 rings (SSSR count). The fourth-order valence-electron chi connectivity index (χ4n) is 2.17. The van der Waals surface area contributed by atoms with Crippen molar-refractivity contribution in [1.29, 1.82) is 0 Å². The zero-order valence-corrected chi connectivity index (χ0v) is 10.1. The van der Waals surface area contributed by atoms with Gasteiger partial charge in [-0.25, -0.2) is 0 Å². The minimum atomic E-state index is -0.0613. The molecule has 0 aromatic carbocycles. The molecule has 1 heterocycles. The van der Waals surface area contributed by atoms with Crippen LogP contribution < -0.4 is 5.73 Å². The fraction of sp³-hybridized carbons (Fsp3) is 1.00. The second-order valence-corrected chi connectivity index (χ2v) is 5.48. The lowest BCUT2D eigenvalue weighted by molar-refractivity contribution is 0.117. The number of piperidine rings is 1. The van der Waals surface area contributed by atoms with Crippen LogP contribution in [0.1, 0.15) is 26.7 Å². The van der Waals surface area contributed by atoms with Crippen LogP contribution in [0.4, 0.5) is 0 Å². The molecule has 3 nitrogen and oxygen atoms in total. The normalized spacial score (nSPS) is 25.7. The lowest BCUT2D eigenvalue weighted by Crippen LogP contribution is -2.52. The molecule has 1 atom stereocenters. The highest BCUT2D eigenvalue weighted by atomic mass is 15.2. The van der Waals surface area contributed by atoms with Crippen molar-refractivity contribution >= 4 is 0 Å². The first-order chi connectivity index (χ1) is 6.38. The molecule has 1 saturated heterocycles. The van der Waals surface area contributed by atoms with Gasteiger partial charge >= 0.3 is 0 Å². The van der Waals surface area contributed by atoms with Crippen molar-refractivity contribution in [2.75, 3.05) is 33.7 Å². The summed E-state index contributed by atoms with van der Waals surface area (Å²) in [5, 5.41) is 0. The molecule has 0 amide bonds. The summed E-state index contributed by atoms with van der Waals surface area (Å²) in [7, 11) is 4.34. The first kappa shape index (κ1) is 12.0. The fourth-order valence-corrected chi connectivity index (χ4v) is 2.17. The Hall–Kier alpha value is -0.120. The summed E-state index contributed by atoms with van der Waals surface area (Å²) in [4.78, 5) is 4.82. The van der Waals surface area contributed by atoms with E-state index in [9.17, 15) is 0 Å². The van der Waals surface area contributed by atoms with Crippen molar-refractivity contribution in [1.82, 2.24) is 9.80 Å². The summed E-state index contributed by atoms with van der Waals surface area (Å²) in [6, 6.07) is 0.714. The molecule has 1 aliphatic rings. The lowest BCUT2D eigenvalue weighted by Gasteiger charge is -2.38. The van der Waals surface area contributed by atoms with Crippen LogP contribution in [0, 0.1) is 0 Å². The molecule has 2 N–H and O–H groups in total. The van der Waals surface area contributed by atoms with Gasteiger partial charge in [-0.15, -0.1) is 0 Å². The van der Waals surface area contributed by atoms with Crippen LogP contribution in [0.15, 0.2) is 0 Å². The predicted molar refractivity (Wildman–Crippen MR) is 61.4 cm³/mol. The van der Waals surface area contributed by atoms with Gasteiger partial charge in [0.05, 0.1) is 0 Å². The topological polar surface area (TPSA) is 32.5 Å². The predicted octanol–water partition coefficient (Wildman–Crippen LogP) is 0.750. The summed E-state index contributed by atoms with van der Waals surface area (Å²) < 4.78 is 0. The first-order valence-corrected chi connectivity index (χ1v) is 5.56. The molecule has 0 spiro atoms. The Kier molecular flexibility index (Phi) is 3.93. The molecule has 0 aromatic rings. The SMILES string of the molecule is CN(C)C1CCCN(CC(C)(C)N)C1. The molecule has 1 fully saturated rings. The smallest absolute Gasteiger partial charge is 0.0226 e. The second-order valence-electron chi connectivity index (χ2n) is 5.48. The van der Waals surface area contributed by atoms with Gasteiger partial charge in [0, 0.05) is 24.7 Å². The molecule has 1 unspecified atom stereocenters. The maximum atomic E-state index is 6.03. The minimum Gasteiger partial charge on any atom is -0.324 e. The van der Waals surface area contributed by atoms with E-state index in [0.717, 1.165) is 6.54 Å². The maximum Gasteiger partial charge on any atom is 0.0226 e. The average Bonchev–Trinajstić information content (AvgIpc) is 2.01. The largest absolute Gasteiger partial charge is 0.324 e. The van der Waals surface area contributed by atoms with Gasteiger partial charge in [0.25, 0.3) is 0 Å². The third-order valence-corrected chi connectivity index (χ3v) is 2.84. The zero-order chi connectivity index (χ0) is 10.8. The summed E-state index contributed by atoms with van der Waals surface area (Å²) in [6.07, 6.45) is 2.63. The van der Waals surface area contributed by atoms with Gasteiger partial charge in [-0.2, -0.15) is 0 Å². The van der Waals surface area contributed by atoms with Gasteiger partial charge in [-0.1, -0.05) is 0 Å². The van der Waals surface area contributed by atoms with Gasteiger partial charge in [-0.3, -0.25) is 4.90 Å². The molecule has 0 saturated carbocycles. The van der Waals surface area contributed by atoms with Crippen LogP contribution in [-0.2, 0) is 0 Å². The molecular formula is C11H25N3. The van der Waals surface area contributed by atoms with Crippen LogP contribution in [0.3, 0.4) is 0 Å². The number of hydrogen-bond acceptors (Lipinski definition) is 3. The summed E-state index contributed by atoms with van der Waals surface area (Å²) in [5.74, 6) is 0. The first-order valence-electron chi connectivity index (χ1n) is 5.56. The van der Waals surface area contributed by atoms with Gasteiger partial charge < -0.3 is 10.6 Å². The van der Waals surface area contributed by atoms with Crippen molar-refractivity contribution in [3.63, 3.8) is 0 Å². The number of likely N-dealkylation sites (N-methyl/N-ethyl adjacent to an activating group) is 1. The summed E-state index contributed by atoms with van der Waals surface area (Å²) in [6.45, 7) is 7.61. The van der Waals surface area contributed by atoms with E-state index in [1.165, 1.54) is 25.9 Å². The Labute approximate surface area is 88.2 Å². The molecule has 1 aliphatic heterocycles. The van der Waals surface area contributed by atoms with E-state index in [2.05, 4.69) is 37.7 Å². The van der Waals surface area contributed by atoms with Crippen molar-refractivity contribution in [2.45, 2.75) is 38.3 Å². The molecular weight excluding hydrogens is 174 g/mol. The molecule has 3 heteroatoms. The van der Waals surface area contributed by atoms with Gasteiger partial charge in [0.1, 0.15) is 0 Å². The van der Waals surface area contributed by atoms with E-state index in [0.29, 0.717) is 6.04 Å². The Morgan fingerprint density at radius 2 is 2.07 bits per heavy atom. The third kappa shape index (κ3) is 3.95. The van der Waals surface area contributed by atoms with Crippen LogP contribution in [0.5, 0.6) is 0 Å². The molecule has 14 heavy (non-hydrogen) atoms. The maximum absolute atomic E-state index is 6.03. The van der Waals surface area contributed by atoms with E-state index >= 15 is 0 Å². The standard InChI is InChI=1S/C11H25N3/c1-11(2,12)9-14-7-5-6-10(8-14)13(3)4/h10H,5-9,12H2,1-4H3. The highest BCUT2D eigenvalue weighted by Crippen LogP contribution is 2.15. The Morgan fingerprint density at radius 3 is 2.57 bits per heavy atom. The van der Waals surface area contributed by atoms with E-state index in [1.807, 2.05) is 0 Å². The van der Waals surface area contributed by atoms with Crippen LogP contribution in [0.25, 0.3) is 0 Å². The van der Waals surface area contributed by atoms with Crippen molar-refractivity contribution in [3.8, 4) is 0 Å². The van der Waals surface area contributed by atoms with E-state index in [1.54, 1.807) is 0 Å². The Bertz CT molecular complexity index is 172. The van der Waals surface area contributed by atoms with Crippen molar-refractivity contribution in [2.24, 2.45) is 5.73 Å². The van der Waals surface area contributed by atoms with Gasteiger partial charge in [-0.05, 0) is 47.3 Å². The second kappa shape index (κ2) is 4.60. The summed E-state index contributed by atoms with van der Waals surface area (Å²) >= 11 is 0. The highest BCUT2D eigenvalue weighted by Gasteiger charge is 2.24. The monoisotopic (exact) mass is 199 g/mol. The zero-order valence-electron chi connectivity index (χ0n) is 10.1. The molecule has 0 aromatic heterocycles. The van der Waals surface area contributed by atoms with E-state index < -0.39 is 0 Å². The Balaban J connectivity index is 2.40. The molecule has 84 valence electrons. The highest BCUT2D eigenvalue weighted by molar-refractivity contribution is 4.83. The lowest BCUT2D eigenvalue weighted by atomic mass is 10.0. The molecule has 0 radical (unpaired) electrons. The third-order valence-electron chi connectivity index (χ3n) is 2.84. The van der Waals surface area contributed by atoms with Crippen LogP contribution >= 0.6 is 0 Å². The van der Waals surface area contributed by atoms with Crippen molar-refractivity contribution < 1.29 is 0 Å². The quantitative estimate of drug-likeness (QED) is 0.728. The van der Waals surface area contributed by atoms with Crippen LogP contribution in [-0.4, -0.2) is 55.1 Å². The average molecular weight is 199 g/mol. The number of nitrogens with zero attached hydrogens (tertiary/aromatic N) is 2. The van der Waals surface area contributed by atoms with Gasteiger partial charge in [0.15, 0.2) is 0 Å². The number of likely N-dealkylation sites (tertiary alicyclic amines) is 1. The molecule has 0 aliphatic carbocycles. The minimum absolute atomic E-state index is 0.0613. The molecule has 0 bridgehead atoms. The van der Waals surface area contributed by atoms with Crippen LogP contribution in [0.2, 0.25) is 0 Å².